The van der Waals surface area contributed by atoms with Gasteiger partial charge in [-0.2, -0.15) is 0 Å². The van der Waals surface area contributed by atoms with Crippen molar-refractivity contribution in [3.8, 4) is 0 Å². The second-order valence-corrected chi connectivity index (χ2v) is 8.23. The van der Waals surface area contributed by atoms with Gasteiger partial charge in [0.25, 0.3) is 5.91 Å². The molecule has 2 aliphatic rings. The maximum Gasteiger partial charge on any atom is 0.325 e. The number of sulfonamides is 1. The van der Waals surface area contributed by atoms with Crippen LogP contribution in [0.2, 0.25) is 0 Å². The first-order valence-electron chi connectivity index (χ1n) is 7.95. The Hall–Kier alpha value is -2.42. The van der Waals surface area contributed by atoms with Gasteiger partial charge in [0.05, 0.1) is 12.8 Å². The van der Waals surface area contributed by atoms with Crippen LogP contribution in [-0.2, 0) is 14.8 Å². The number of carbonyl (C=O) groups is 3. The van der Waals surface area contributed by atoms with E-state index in [0.29, 0.717) is 24.1 Å². The van der Waals surface area contributed by atoms with E-state index >= 15 is 0 Å². The second-order valence-electron chi connectivity index (χ2n) is 6.49. The van der Waals surface area contributed by atoms with Crippen LogP contribution in [0.15, 0.2) is 24.3 Å². The normalized spacial score (nSPS) is 19.3. The lowest BCUT2D eigenvalue weighted by atomic mass is 9.98. The van der Waals surface area contributed by atoms with Crippen LogP contribution < -0.4 is 10.0 Å². The molecule has 0 aromatic heterocycles. The number of hydrogen-bond donors (Lipinski definition) is 2. The average molecular weight is 365 g/mol. The maximum atomic E-state index is 12.5. The fourth-order valence-electron chi connectivity index (χ4n) is 3.31. The Morgan fingerprint density at radius 3 is 2.36 bits per heavy atom. The molecule has 1 aliphatic heterocycles. The van der Waals surface area contributed by atoms with E-state index in [4.69, 9.17) is 0 Å². The third-order valence-corrected chi connectivity index (χ3v) is 5.12. The molecule has 1 aromatic rings. The van der Waals surface area contributed by atoms with Crippen LogP contribution in [0.3, 0.4) is 0 Å². The molecule has 0 unspecified atom stereocenters. The van der Waals surface area contributed by atoms with Gasteiger partial charge in [-0.15, -0.1) is 0 Å². The summed E-state index contributed by atoms with van der Waals surface area (Å²) in [6.07, 6.45) is 4.00. The van der Waals surface area contributed by atoms with Gasteiger partial charge in [0.15, 0.2) is 5.78 Å². The number of rotatable bonds is 5. The zero-order chi connectivity index (χ0) is 18.2. The third-order valence-electron chi connectivity index (χ3n) is 4.51. The summed E-state index contributed by atoms with van der Waals surface area (Å²) in [7, 11) is -3.40. The van der Waals surface area contributed by atoms with Crippen LogP contribution in [0.25, 0.3) is 0 Å². The molecule has 9 heteroatoms. The summed E-state index contributed by atoms with van der Waals surface area (Å²) in [6.45, 7) is -0.328. The molecule has 1 aromatic carbocycles. The van der Waals surface area contributed by atoms with Gasteiger partial charge in [-0.25, -0.2) is 13.2 Å². The van der Waals surface area contributed by atoms with Crippen molar-refractivity contribution < 1.29 is 22.8 Å². The van der Waals surface area contributed by atoms with Crippen LogP contribution in [0.4, 0.5) is 10.5 Å². The SMILES string of the molecule is CS(=O)(=O)Nc1ccc(C(=O)CN2C(=O)NC3(CCCC3)C2=O)cc1. The monoisotopic (exact) mass is 365 g/mol. The van der Waals surface area contributed by atoms with Crippen molar-refractivity contribution in [3.05, 3.63) is 29.8 Å². The summed E-state index contributed by atoms with van der Waals surface area (Å²) < 4.78 is 24.7. The Morgan fingerprint density at radius 1 is 1.20 bits per heavy atom. The lowest BCUT2D eigenvalue weighted by Crippen LogP contribution is -2.44. The fraction of sp³-hybridized carbons (Fsp3) is 0.438. The van der Waals surface area contributed by atoms with E-state index in [9.17, 15) is 22.8 Å². The largest absolute Gasteiger partial charge is 0.325 e. The Bertz CT molecular complexity index is 826. The number of imide groups is 1. The van der Waals surface area contributed by atoms with Crippen LogP contribution in [0.1, 0.15) is 36.0 Å². The van der Waals surface area contributed by atoms with Crippen LogP contribution >= 0.6 is 0 Å². The van der Waals surface area contributed by atoms with Crippen molar-refractivity contribution >= 4 is 33.4 Å². The molecule has 3 amide bonds. The van der Waals surface area contributed by atoms with E-state index in [0.717, 1.165) is 24.0 Å². The number of ketones is 1. The number of urea groups is 1. The predicted octanol–water partition coefficient (Wildman–Crippen LogP) is 1.11. The van der Waals surface area contributed by atoms with Gasteiger partial charge in [-0.05, 0) is 37.1 Å². The minimum absolute atomic E-state index is 0.298. The van der Waals surface area contributed by atoms with Crippen LogP contribution in [0.5, 0.6) is 0 Å². The lowest BCUT2D eigenvalue weighted by molar-refractivity contribution is -0.130. The number of Topliss-reactive ketones (excluding diaryl/α,β-unsaturated/α-hetero) is 1. The van der Waals surface area contributed by atoms with Gasteiger partial charge >= 0.3 is 6.03 Å². The standard InChI is InChI=1S/C16H19N3O5S/c1-25(23,24)18-12-6-4-11(5-7-12)13(20)10-19-14(21)16(17-15(19)22)8-2-3-9-16/h4-7,18H,2-3,8-10H2,1H3,(H,17,22). The second kappa shape index (κ2) is 6.14. The number of carbonyl (C=O) groups excluding carboxylic acids is 3. The Morgan fingerprint density at radius 2 is 1.80 bits per heavy atom. The number of benzene rings is 1. The first-order valence-corrected chi connectivity index (χ1v) is 9.84. The number of nitrogens with one attached hydrogen (secondary N) is 2. The van der Waals surface area contributed by atoms with Crippen molar-refractivity contribution in [1.82, 2.24) is 10.2 Å². The highest BCUT2D eigenvalue weighted by atomic mass is 32.2. The van der Waals surface area contributed by atoms with Crippen molar-refractivity contribution in [2.45, 2.75) is 31.2 Å². The molecule has 1 aliphatic carbocycles. The molecular weight excluding hydrogens is 346 g/mol. The zero-order valence-electron chi connectivity index (χ0n) is 13.7. The minimum atomic E-state index is -3.40. The topological polar surface area (TPSA) is 113 Å². The smallest absolute Gasteiger partial charge is 0.323 e. The number of amides is 3. The summed E-state index contributed by atoms with van der Waals surface area (Å²) in [6, 6.07) is 5.30. The summed E-state index contributed by atoms with van der Waals surface area (Å²) in [5.74, 6) is -0.719. The summed E-state index contributed by atoms with van der Waals surface area (Å²) in [4.78, 5) is 38.0. The van der Waals surface area contributed by atoms with Gasteiger partial charge in [-0.3, -0.25) is 19.2 Å². The van der Waals surface area contributed by atoms with Gasteiger partial charge in [-0.1, -0.05) is 12.8 Å². The molecule has 2 N–H and O–H groups in total. The molecule has 0 atom stereocenters. The molecule has 1 heterocycles. The highest BCUT2D eigenvalue weighted by Crippen LogP contribution is 2.35. The summed E-state index contributed by atoms with van der Waals surface area (Å²) in [5, 5.41) is 2.73. The fourth-order valence-corrected chi connectivity index (χ4v) is 3.87. The molecule has 3 rings (SSSR count). The molecule has 134 valence electrons. The first kappa shape index (κ1) is 17.4. The highest BCUT2D eigenvalue weighted by molar-refractivity contribution is 7.92. The van der Waals surface area contributed by atoms with E-state index in [1.54, 1.807) is 0 Å². The molecule has 0 radical (unpaired) electrons. The molecular formula is C16H19N3O5S. The quantitative estimate of drug-likeness (QED) is 0.599. The van der Waals surface area contributed by atoms with Gasteiger partial charge in [0.1, 0.15) is 5.54 Å². The number of hydrogen-bond acceptors (Lipinski definition) is 5. The van der Waals surface area contributed by atoms with Crippen molar-refractivity contribution in [1.29, 1.82) is 0 Å². The van der Waals surface area contributed by atoms with E-state index in [-0.39, 0.29) is 18.2 Å². The molecule has 8 nitrogen and oxygen atoms in total. The summed E-state index contributed by atoms with van der Waals surface area (Å²) in [5.41, 5.74) is -0.202. The Kier molecular flexibility index (Phi) is 4.28. The number of anilines is 1. The molecule has 25 heavy (non-hydrogen) atoms. The van der Waals surface area contributed by atoms with E-state index in [2.05, 4.69) is 10.0 Å². The molecule has 2 fully saturated rings. The van der Waals surface area contributed by atoms with Crippen molar-refractivity contribution in [2.24, 2.45) is 0 Å². The van der Waals surface area contributed by atoms with Crippen molar-refractivity contribution in [2.75, 3.05) is 17.5 Å². The molecule has 0 bridgehead atoms. The predicted molar refractivity (Wildman–Crippen MR) is 90.7 cm³/mol. The van der Waals surface area contributed by atoms with E-state index in [1.165, 1.54) is 24.3 Å². The van der Waals surface area contributed by atoms with Crippen molar-refractivity contribution in [3.63, 3.8) is 0 Å². The first-order chi connectivity index (χ1) is 11.7. The van der Waals surface area contributed by atoms with E-state index in [1.807, 2.05) is 0 Å². The molecule has 1 saturated heterocycles. The Labute approximate surface area is 145 Å². The highest BCUT2D eigenvalue weighted by Gasteiger charge is 2.52. The Balaban J connectivity index is 1.70. The maximum absolute atomic E-state index is 12.5. The lowest BCUT2D eigenvalue weighted by Gasteiger charge is -2.19. The van der Waals surface area contributed by atoms with E-state index < -0.39 is 21.6 Å². The third kappa shape index (κ3) is 3.51. The summed E-state index contributed by atoms with van der Waals surface area (Å²) >= 11 is 0. The van der Waals surface area contributed by atoms with Crippen LogP contribution in [0, 0.1) is 0 Å². The van der Waals surface area contributed by atoms with Gasteiger partial charge in [0.2, 0.25) is 10.0 Å². The van der Waals surface area contributed by atoms with Gasteiger partial charge in [0, 0.05) is 11.3 Å². The molecule has 1 spiro atoms. The minimum Gasteiger partial charge on any atom is -0.323 e. The number of nitrogens with zero attached hydrogens (tertiary/aromatic N) is 1. The molecule has 1 saturated carbocycles. The zero-order valence-corrected chi connectivity index (χ0v) is 14.6. The van der Waals surface area contributed by atoms with Gasteiger partial charge < -0.3 is 5.32 Å². The average Bonchev–Trinajstić information content (AvgIpc) is 3.08. The van der Waals surface area contributed by atoms with Crippen LogP contribution in [-0.4, -0.2) is 49.4 Å².